The molecule has 0 heterocycles. The van der Waals surface area contributed by atoms with Gasteiger partial charge >= 0.3 is 0 Å². The summed E-state index contributed by atoms with van der Waals surface area (Å²) in [5.41, 5.74) is 2.44. The number of aliphatic hydroxyl groups is 1. The van der Waals surface area contributed by atoms with Crippen molar-refractivity contribution in [1.82, 2.24) is 5.32 Å². The van der Waals surface area contributed by atoms with E-state index in [0.29, 0.717) is 0 Å². The van der Waals surface area contributed by atoms with Gasteiger partial charge in [-0.1, -0.05) is 49.4 Å². The first-order valence-electron chi connectivity index (χ1n) is 8.45. The van der Waals surface area contributed by atoms with Gasteiger partial charge in [0, 0.05) is 13.0 Å². The van der Waals surface area contributed by atoms with E-state index in [1.54, 1.807) is 0 Å². The number of aryl methyl sites for hydroxylation is 1. The van der Waals surface area contributed by atoms with Crippen LogP contribution in [0, 0.1) is 0 Å². The molecule has 0 saturated carbocycles. The lowest BCUT2D eigenvalue weighted by Gasteiger charge is -2.20. The van der Waals surface area contributed by atoms with E-state index in [4.69, 9.17) is 9.84 Å². The van der Waals surface area contributed by atoms with E-state index in [9.17, 15) is 0 Å². The predicted molar refractivity (Wildman–Crippen MR) is 94.8 cm³/mol. The minimum atomic E-state index is 0.0542. The molecule has 2 rings (SSSR count). The molecule has 3 nitrogen and oxygen atoms in total. The SMILES string of the molecule is CCNCCC(Oc1ccc(CCCO)cc1)c1ccccc1. The zero-order valence-electron chi connectivity index (χ0n) is 13.9. The molecular weight excluding hydrogens is 286 g/mol. The first-order chi connectivity index (χ1) is 11.3. The lowest BCUT2D eigenvalue weighted by Crippen LogP contribution is -2.19. The molecule has 23 heavy (non-hydrogen) atoms. The Labute approximate surface area is 139 Å². The zero-order valence-corrected chi connectivity index (χ0v) is 13.9. The normalized spacial score (nSPS) is 12.1. The van der Waals surface area contributed by atoms with Crippen LogP contribution in [0.3, 0.4) is 0 Å². The van der Waals surface area contributed by atoms with Gasteiger partial charge in [-0.05, 0) is 49.2 Å². The van der Waals surface area contributed by atoms with Crippen molar-refractivity contribution < 1.29 is 9.84 Å². The topological polar surface area (TPSA) is 41.5 Å². The average Bonchev–Trinajstić information content (AvgIpc) is 2.61. The summed E-state index contributed by atoms with van der Waals surface area (Å²) in [6.07, 6.45) is 2.69. The van der Waals surface area contributed by atoms with E-state index >= 15 is 0 Å². The molecule has 0 spiro atoms. The lowest BCUT2D eigenvalue weighted by molar-refractivity contribution is 0.194. The maximum absolute atomic E-state index is 8.90. The summed E-state index contributed by atoms with van der Waals surface area (Å²) < 4.78 is 6.22. The Morgan fingerprint density at radius 3 is 2.43 bits per heavy atom. The number of hydrogen-bond acceptors (Lipinski definition) is 3. The molecule has 0 aliphatic carbocycles. The van der Waals surface area contributed by atoms with Crippen molar-refractivity contribution in [3.05, 3.63) is 65.7 Å². The Kier molecular flexibility index (Phi) is 7.64. The fourth-order valence-electron chi connectivity index (χ4n) is 2.55. The van der Waals surface area contributed by atoms with Crippen LogP contribution in [0.4, 0.5) is 0 Å². The quantitative estimate of drug-likeness (QED) is 0.657. The third-order valence-electron chi connectivity index (χ3n) is 3.83. The monoisotopic (exact) mass is 313 g/mol. The van der Waals surface area contributed by atoms with Gasteiger partial charge in [0.05, 0.1) is 0 Å². The summed E-state index contributed by atoms with van der Waals surface area (Å²) in [6.45, 7) is 4.26. The molecule has 1 atom stereocenters. The fraction of sp³-hybridized carbons (Fsp3) is 0.400. The molecule has 0 radical (unpaired) electrons. The zero-order chi connectivity index (χ0) is 16.3. The summed E-state index contributed by atoms with van der Waals surface area (Å²) in [6, 6.07) is 18.6. The van der Waals surface area contributed by atoms with Crippen molar-refractivity contribution in [2.75, 3.05) is 19.7 Å². The number of hydrogen-bond donors (Lipinski definition) is 2. The van der Waals surface area contributed by atoms with E-state index in [2.05, 4.69) is 48.6 Å². The van der Waals surface area contributed by atoms with Crippen LogP contribution in [-0.2, 0) is 6.42 Å². The molecule has 2 N–H and O–H groups in total. The van der Waals surface area contributed by atoms with Gasteiger partial charge in [0.25, 0.3) is 0 Å². The number of nitrogens with one attached hydrogen (secondary N) is 1. The van der Waals surface area contributed by atoms with Crippen molar-refractivity contribution in [3.8, 4) is 5.75 Å². The second-order valence-electron chi connectivity index (χ2n) is 5.63. The van der Waals surface area contributed by atoms with Gasteiger partial charge in [-0.2, -0.15) is 0 Å². The summed E-state index contributed by atoms with van der Waals surface area (Å²) in [4.78, 5) is 0. The van der Waals surface area contributed by atoms with Crippen molar-refractivity contribution in [3.63, 3.8) is 0 Å². The highest BCUT2D eigenvalue weighted by atomic mass is 16.5. The largest absolute Gasteiger partial charge is 0.486 e. The van der Waals surface area contributed by atoms with Crippen LogP contribution in [0.2, 0.25) is 0 Å². The fourth-order valence-corrected chi connectivity index (χ4v) is 2.55. The standard InChI is InChI=1S/C20H27NO2/c1-2-21-15-14-20(18-8-4-3-5-9-18)23-19-12-10-17(11-13-19)7-6-16-22/h3-5,8-13,20-22H,2,6-7,14-16H2,1H3. The van der Waals surface area contributed by atoms with Gasteiger partial charge in [-0.3, -0.25) is 0 Å². The van der Waals surface area contributed by atoms with E-state index in [1.165, 1.54) is 11.1 Å². The second kappa shape index (κ2) is 10.0. The smallest absolute Gasteiger partial charge is 0.125 e. The highest BCUT2D eigenvalue weighted by Gasteiger charge is 2.12. The molecule has 2 aromatic carbocycles. The molecule has 0 fully saturated rings. The van der Waals surface area contributed by atoms with Crippen molar-refractivity contribution in [1.29, 1.82) is 0 Å². The molecule has 0 aromatic heterocycles. The van der Waals surface area contributed by atoms with Crippen LogP contribution < -0.4 is 10.1 Å². The third-order valence-corrected chi connectivity index (χ3v) is 3.83. The number of aliphatic hydroxyl groups excluding tert-OH is 1. The van der Waals surface area contributed by atoms with E-state index in [1.807, 2.05) is 18.2 Å². The van der Waals surface area contributed by atoms with Crippen LogP contribution in [0.15, 0.2) is 54.6 Å². The van der Waals surface area contributed by atoms with Crippen molar-refractivity contribution in [2.24, 2.45) is 0 Å². The number of ether oxygens (including phenoxy) is 1. The second-order valence-corrected chi connectivity index (χ2v) is 5.63. The Balaban J connectivity index is 2.01. The van der Waals surface area contributed by atoms with Crippen molar-refractivity contribution in [2.45, 2.75) is 32.3 Å². The molecule has 0 aliphatic heterocycles. The third kappa shape index (κ3) is 6.05. The van der Waals surface area contributed by atoms with Crippen molar-refractivity contribution >= 4 is 0 Å². The van der Waals surface area contributed by atoms with Crippen LogP contribution in [-0.4, -0.2) is 24.8 Å². The maximum Gasteiger partial charge on any atom is 0.125 e. The van der Waals surface area contributed by atoms with Crippen LogP contribution in [0.1, 0.15) is 37.0 Å². The Bertz CT molecular complexity index is 539. The highest BCUT2D eigenvalue weighted by molar-refractivity contribution is 5.29. The van der Waals surface area contributed by atoms with Gasteiger partial charge in [0.15, 0.2) is 0 Å². The maximum atomic E-state index is 8.90. The molecule has 0 aliphatic rings. The molecule has 0 amide bonds. The average molecular weight is 313 g/mol. The van der Waals surface area contributed by atoms with E-state index in [-0.39, 0.29) is 12.7 Å². The molecule has 0 bridgehead atoms. The minimum absolute atomic E-state index is 0.0542. The van der Waals surface area contributed by atoms with Crippen LogP contribution >= 0.6 is 0 Å². The van der Waals surface area contributed by atoms with E-state index < -0.39 is 0 Å². The van der Waals surface area contributed by atoms with Gasteiger partial charge in [0.1, 0.15) is 11.9 Å². The lowest BCUT2D eigenvalue weighted by atomic mass is 10.1. The Morgan fingerprint density at radius 1 is 1.04 bits per heavy atom. The summed E-state index contributed by atoms with van der Waals surface area (Å²) in [5, 5.41) is 12.3. The molecule has 0 saturated heterocycles. The highest BCUT2D eigenvalue weighted by Crippen LogP contribution is 2.25. The summed E-state index contributed by atoms with van der Waals surface area (Å²) >= 11 is 0. The predicted octanol–water partition coefficient (Wildman–Crippen LogP) is 3.73. The molecule has 1 unspecified atom stereocenters. The molecular formula is C20H27NO2. The van der Waals surface area contributed by atoms with Gasteiger partial charge in [-0.15, -0.1) is 0 Å². The van der Waals surface area contributed by atoms with E-state index in [0.717, 1.165) is 38.1 Å². The van der Waals surface area contributed by atoms with Gasteiger partial charge in [0.2, 0.25) is 0 Å². The van der Waals surface area contributed by atoms with Crippen LogP contribution in [0.5, 0.6) is 5.75 Å². The Hall–Kier alpha value is -1.84. The molecule has 2 aromatic rings. The Morgan fingerprint density at radius 2 is 1.78 bits per heavy atom. The summed E-state index contributed by atoms with van der Waals surface area (Å²) in [7, 11) is 0. The molecule has 124 valence electrons. The van der Waals surface area contributed by atoms with Crippen LogP contribution in [0.25, 0.3) is 0 Å². The van der Waals surface area contributed by atoms with Gasteiger partial charge in [-0.25, -0.2) is 0 Å². The number of rotatable bonds is 10. The van der Waals surface area contributed by atoms with Gasteiger partial charge < -0.3 is 15.2 Å². The first kappa shape index (κ1) is 17.5. The minimum Gasteiger partial charge on any atom is -0.486 e. The first-order valence-corrected chi connectivity index (χ1v) is 8.45. The number of benzene rings is 2. The molecule has 3 heteroatoms. The summed E-state index contributed by atoms with van der Waals surface area (Å²) in [5.74, 6) is 0.892.